The standard InChI is InChI=1S/C19H18BrClN4O3.C12H13ClN2O3.C7H7BrN2O.CH4/c1-10-14(8-9-15(22-3)16(10)21)23-17(11(2)26)19(28)25-24-18(27)12-4-6-13(20)7-5-12;1-6-8(4-5-9(14-3)10(6)13)15-11(7(2)16)12(17)18;8-6-3-1-5(2-4-6)7(11)10-9;/h4-9,11,17,23,26H,1-2H3,(H,24,27)(H,25,28);4-5,7,11,15-16H,1-2H3,(H,17,18);1-4H,9H2,(H,10,11);1H4/t11-,17+;7-,11+;;/m00../s1. The number of carbonyl (C=O) groups excluding carboxylic acids is 3. The molecule has 0 saturated carbocycles. The Bertz CT molecular complexity index is 2140. The first-order valence-electron chi connectivity index (χ1n) is 16.4. The van der Waals surface area contributed by atoms with Crippen molar-refractivity contribution in [1.82, 2.24) is 16.3 Å². The number of amides is 3. The molecule has 0 spiro atoms. The van der Waals surface area contributed by atoms with Crippen molar-refractivity contribution in [2.45, 2.75) is 59.4 Å². The van der Waals surface area contributed by atoms with E-state index < -0.39 is 42.1 Å². The Kier molecular flexibility index (Phi) is 21.5. The summed E-state index contributed by atoms with van der Waals surface area (Å²) in [6.45, 7) is 20.2. The van der Waals surface area contributed by atoms with Crippen LogP contribution < -0.4 is 32.8 Å². The molecule has 0 heterocycles. The number of nitrogens with zero attached hydrogens (tertiary/aromatic N) is 2. The molecule has 308 valence electrons. The molecular weight excluding hydrogens is 923 g/mol. The fraction of sp³-hybridized carbons (Fsp3) is 0.231. The highest BCUT2D eigenvalue weighted by atomic mass is 79.9. The zero-order valence-corrected chi connectivity index (χ0v) is 35.4. The molecule has 4 aromatic carbocycles. The fourth-order valence-corrected chi connectivity index (χ4v) is 5.45. The van der Waals surface area contributed by atoms with Crippen LogP contribution in [-0.4, -0.2) is 63.3 Å². The van der Waals surface area contributed by atoms with Crippen molar-refractivity contribution in [3.63, 3.8) is 0 Å². The lowest BCUT2D eigenvalue weighted by Gasteiger charge is -2.23. The summed E-state index contributed by atoms with van der Waals surface area (Å²) in [6, 6.07) is 17.6. The van der Waals surface area contributed by atoms with Gasteiger partial charge in [0, 0.05) is 31.4 Å². The van der Waals surface area contributed by atoms with Crippen molar-refractivity contribution in [1.29, 1.82) is 0 Å². The Labute approximate surface area is 363 Å². The number of rotatable bonds is 10. The summed E-state index contributed by atoms with van der Waals surface area (Å²) in [5.41, 5.74) is 10.3. The zero-order chi connectivity index (χ0) is 43.0. The van der Waals surface area contributed by atoms with Gasteiger partial charge in [0.25, 0.3) is 17.7 Å². The Morgan fingerprint density at radius 3 is 1.40 bits per heavy atom. The second-order valence-electron chi connectivity index (χ2n) is 11.9. The Morgan fingerprint density at radius 2 is 1.05 bits per heavy atom. The minimum absolute atomic E-state index is 0. The predicted octanol–water partition coefficient (Wildman–Crippen LogP) is 7.72. The van der Waals surface area contributed by atoms with Gasteiger partial charge in [0.05, 0.1) is 35.4 Å². The zero-order valence-electron chi connectivity index (χ0n) is 30.7. The predicted molar refractivity (Wildman–Crippen MR) is 233 cm³/mol. The lowest BCUT2D eigenvalue weighted by Crippen LogP contribution is -2.52. The number of anilines is 2. The van der Waals surface area contributed by atoms with Crippen LogP contribution in [0, 0.1) is 27.0 Å². The van der Waals surface area contributed by atoms with Gasteiger partial charge in [-0.1, -0.05) is 74.6 Å². The highest BCUT2D eigenvalue weighted by Gasteiger charge is 2.26. The molecule has 0 aliphatic carbocycles. The van der Waals surface area contributed by atoms with E-state index in [4.69, 9.17) is 47.3 Å². The summed E-state index contributed by atoms with van der Waals surface area (Å²) >= 11 is 18.7. The van der Waals surface area contributed by atoms with Crippen LogP contribution in [0.2, 0.25) is 10.0 Å². The molecule has 15 nitrogen and oxygen atoms in total. The molecule has 0 aliphatic heterocycles. The molecule has 0 saturated heterocycles. The second kappa shape index (κ2) is 24.5. The highest BCUT2D eigenvalue weighted by Crippen LogP contribution is 2.34. The first-order valence-corrected chi connectivity index (χ1v) is 18.8. The molecule has 0 bridgehead atoms. The van der Waals surface area contributed by atoms with E-state index >= 15 is 0 Å². The van der Waals surface area contributed by atoms with Gasteiger partial charge in [-0.25, -0.2) is 20.3 Å². The van der Waals surface area contributed by atoms with Crippen LogP contribution in [0.4, 0.5) is 22.7 Å². The van der Waals surface area contributed by atoms with Crippen LogP contribution >= 0.6 is 55.1 Å². The number of aliphatic carboxylic acids is 1. The van der Waals surface area contributed by atoms with E-state index in [2.05, 4.69) is 63.0 Å². The van der Waals surface area contributed by atoms with E-state index in [1.165, 1.54) is 26.0 Å². The molecule has 0 radical (unpaired) electrons. The third-order valence-corrected chi connectivity index (χ3v) is 9.76. The van der Waals surface area contributed by atoms with Crippen LogP contribution in [0.3, 0.4) is 0 Å². The van der Waals surface area contributed by atoms with Crippen molar-refractivity contribution in [2.75, 3.05) is 10.6 Å². The van der Waals surface area contributed by atoms with Crippen LogP contribution in [0.15, 0.2) is 81.7 Å². The molecule has 0 aliphatic rings. The van der Waals surface area contributed by atoms with E-state index in [-0.39, 0.29) is 23.4 Å². The number of benzene rings is 4. The second-order valence-corrected chi connectivity index (χ2v) is 14.4. The minimum Gasteiger partial charge on any atom is -0.480 e. The molecule has 0 fully saturated rings. The normalized spacial score (nSPS) is 11.9. The van der Waals surface area contributed by atoms with Crippen molar-refractivity contribution in [3.05, 3.63) is 137 Å². The SMILES string of the molecule is C.NNC(=O)c1ccc(Br)cc1.[C-]#[N+]c1ccc(N[C@@H](C(=O)NNC(=O)c2ccc(Br)cc2)[C@H](C)O)c(C)c1Cl.[C-]#[N+]c1ccc(N[C@@H](C(=O)O)[C@H](C)O)c(C)c1Cl. The van der Waals surface area contributed by atoms with E-state index in [1.54, 1.807) is 74.5 Å². The number of carboxylic acid groups (broad SMARTS) is 1. The van der Waals surface area contributed by atoms with Crippen molar-refractivity contribution in [3.8, 4) is 0 Å². The number of hydrogen-bond donors (Lipinski definition) is 9. The van der Waals surface area contributed by atoms with Gasteiger partial charge in [-0.05, 0) is 99.5 Å². The Morgan fingerprint density at radius 1 is 0.672 bits per heavy atom. The summed E-state index contributed by atoms with van der Waals surface area (Å²) in [7, 11) is 0. The van der Waals surface area contributed by atoms with E-state index in [0.29, 0.717) is 45.0 Å². The molecule has 3 amide bonds. The van der Waals surface area contributed by atoms with Gasteiger partial charge in [-0.3, -0.25) is 30.7 Å². The molecule has 0 unspecified atom stereocenters. The van der Waals surface area contributed by atoms with E-state index in [0.717, 1.165) is 8.95 Å². The van der Waals surface area contributed by atoms with Crippen LogP contribution in [0.1, 0.15) is 53.1 Å². The van der Waals surface area contributed by atoms with Crippen molar-refractivity contribution in [2.24, 2.45) is 5.84 Å². The molecule has 58 heavy (non-hydrogen) atoms. The number of carboxylic acids is 1. The Hall–Kier alpha value is -5.24. The summed E-state index contributed by atoms with van der Waals surface area (Å²) < 4.78 is 1.76. The van der Waals surface area contributed by atoms with Gasteiger partial charge < -0.3 is 26.0 Å². The average Bonchev–Trinajstić information content (AvgIpc) is 3.18. The smallest absolute Gasteiger partial charge is 0.328 e. The third kappa shape index (κ3) is 14.9. The topological polar surface area (TPSA) is 224 Å². The number of aliphatic hydroxyl groups is 2. The van der Waals surface area contributed by atoms with Gasteiger partial charge in [-0.2, -0.15) is 0 Å². The third-order valence-electron chi connectivity index (χ3n) is 7.75. The maximum Gasteiger partial charge on any atom is 0.328 e. The van der Waals surface area contributed by atoms with Crippen molar-refractivity contribution >= 4 is 102 Å². The maximum absolute atomic E-state index is 12.5. The number of nitrogens with two attached hydrogens (primary N) is 1. The monoisotopic (exact) mass is 962 g/mol. The van der Waals surface area contributed by atoms with Crippen LogP contribution in [0.5, 0.6) is 0 Å². The Balaban J connectivity index is 0.000000479. The number of hydrogen-bond acceptors (Lipinski definition) is 9. The average molecular weight is 966 g/mol. The van der Waals surface area contributed by atoms with Gasteiger partial charge >= 0.3 is 5.97 Å². The van der Waals surface area contributed by atoms with E-state index in [1.807, 2.05) is 5.43 Å². The number of halogens is 4. The number of aliphatic hydroxyl groups excluding tert-OH is 2. The fourth-order valence-electron chi connectivity index (χ4n) is 4.51. The van der Waals surface area contributed by atoms with E-state index in [9.17, 15) is 29.4 Å². The van der Waals surface area contributed by atoms with Crippen molar-refractivity contribution < 1.29 is 34.5 Å². The minimum atomic E-state index is -1.16. The number of nitrogens with one attached hydrogen (secondary N) is 5. The maximum atomic E-state index is 12.5. The van der Waals surface area contributed by atoms with Gasteiger partial charge in [0.15, 0.2) is 6.04 Å². The first-order chi connectivity index (χ1) is 26.9. The van der Waals surface area contributed by atoms with Gasteiger partial charge in [0.1, 0.15) is 6.04 Å². The molecule has 4 aromatic rings. The lowest BCUT2D eigenvalue weighted by molar-refractivity contribution is -0.140. The molecule has 4 rings (SSSR count). The van der Waals surface area contributed by atoms with Gasteiger partial charge in [0.2, 0.25) is 11.4 Å². The van der Waals surface area contributed by atoms with Gasteiger partial charge in [-0.15, -0.1) is 0 Å². The molecule has 4 atom stereocenters. The molecular formula is C39H42Br2Cl2N8O7. The summed E-state index contributed by atoms with van der Waals surface area (Å²) in [5.74, 6) is 2.36. The first kappa shape index (κ1) is 50.8. The number of carbonyl (C=O) groups is 4. The molecule has 10 N–H and O–H groups in total. The largest absolute Gasteiger partial charge is 0.480 e. The quantitative estimate of drug-likeness (QED) is 0.0326. The summed E-state index contributed by atoms with van der Waals surface area (Å²) in [6.07, 6.45) is -2.12. The molecule has 19 heteroatoms. The number of nitrogen functional groups attached to an aromatic ring is 1. The summed E-state index contributed by atoms with van der Waals surface area (Å²) in [5, 5.41) is 34.5. The number of hydrazine groups is 2. The van der Waals surface area contributed by atoms with Crippen LogP contribution in [-0.2, 0) is 9.59 Å². The summed E-state index contributed by atoms with van der Waals surface area (Å²) in [4.78, 5) is 53.0. The lowest BCUT2D eigenvalue weighted by atomic mass is 10.1. The molecule has 0 aromatic heterocycles. The highest BCUT2D eigenvalue weighted by molar-refractivity contribution is 9.10. The van der Waals surface area contributed by atoms with Crippen LogP contribution in [0.25, 0.3) is 9.69 Å².